The molecule has 1 fully saturated rings. The number of aliphatic hydroxyl groups excluding tert-OH is 1. The van der Waals surface area contributed by atoms with Crippen LogP contribution in [0.5, 0.6) is 0 Å². The van der Waals surface area contributed by atoms with Crippen LogP contribution in [0.1, 0.15) is 51.0 Å². The number of hydrogen-bond acceptors (Lipinski definition) is 4. The predicted molar refractivity (Wildman–Crippen MR) is 123 cm³/mol. The normalized spacial score (nSPS) is 18.8. The minimum atomic E-state index is -0.761. The molecular formula is C24H35NO4S. The summed E-state index contributed by atoms with van der Waals surface area (Å²) in [6.45, 7) is 2.75. The molecule has 1 saturated heterocycles. The van der Waals surface area contributed by atoms with Gasteiger partial charge in [-0.15, -0.1) is 0 Å². The van der Waals surface area contributed by atoms with Crippen molar-refractivity contribution in [1.82, 2.24) is 4.90 Å². The predicted octanol–water partition coefficient (Wildman–Crippen LogP) is 4.15. The fourth-order valence-corrected chi connectivity index (χ4v) is 4.59. The van der Waals surface area contributed by atoms with Gasteiger partial charge in [-0.25, -0.2) is 0 Å². The maximum atomic E-state index is 12.2. The summed E-state index contributed by atoms with van der Waals surface area (Å²) in [4.78, 5) is 24.6. The van der Waals surface area contributed by atoms with Gasteiger partial charge >= 0.3 is 5.97 Å². The number of amides is 1. The van der Waals surface area contributed by atoms with Crippen LogP contribution >= 0.6 is 11.8 Å². The summed E-state index contributed by atoms with van der Waals surface area (Å²) in [5.74, 6) is 1.20. The standard InChI is InChI=1S/C24H35NO4S/c1-19(7-5-10-20-8-3-2-4-9-20)22(26)14-12-21-13-15-23(27)25(21)16-18-30-17-6-11-24(28)29/h2-4,8-9,12,14,19,21-22,26H,5-7,10-11,13,15-18H2,1H3,(H,28,29)/t19-,21?,22+/m0/s1. The van der Waals surface area contributed by atoms with E-state index in [2.05, 4.69) is 31.2 Å². The van der Waals surface area contributed by atoms with Crippen molar-refractivity contribution in [1.29, 1.82) is 0 Å². The van der Waals surface area contributed by atoms with E-state index in [1.165, 1.54) is 5.56 Å². The maximum absolute atomic E-state index is 12.2. The number of aryl methyl sites for hydroxylation is 1. The Labute approximate surface area is 184 Å². The molecule has 1 heterocycles. The molecule has 2 N–H and O–H groups in total. The van der Waals surface area contributed by atoms with Gasteiger partial charge in [0.1, 0.15) is 0 Å². The number of rotatable bonds is 14. The Bertz CT molecular complexity index is 679. The monoisotopic (exact) mass is 433 g/mol. The van der Waals surface area contributed by atoms with Gasteiger partial charge in [-0.2, -0.15) is 11.8 Å². The van der Waals surface area contributed by atoms with Gasteiger partial charge in [0.25, 0.3) is 0 Å². The summed E-state index contributed by atoms with van der Waals surface area (Å²) < 4.78 is 0. The molecular weight excluding hydrogens is 398 g/mol. The topological polar surface area (TPSA) is 77.8 Å². The first-order chi connectivity index (χ1) is 14.5. The van der Waals surface area contributed by atoms with Gasteiger partial charge < -0.3 is 15.1 Å². The number of carbonyl (C=O) groups is 2. The van der Waals surface area contributed by atoms with E-state index < -0.39 is 12.1 Å². The molecule has 166 valence electrons. The Morgan fingerprint density at radius 3 is 2.77 bits per heavy atom. The largest absolute Gasteiger partial charge is 0.481 e. The van der Waals surface area contributed by atoms with E-state index in [1.807, 2.05) is 23.1 Å². The smallest absolute Gasteiger partial charge is 0.303 e. The number of carboxylic acid groups (broad SMARTS) is 1. The van der Waals surface area contributed by atoms with Gasteiger partial charge in [0, 0.05) is 25.1 Å². The third-order valence-electron chi connectivity index (χ3n) is 5.61. The Morgan fingerprint density at radius 2 is 2.03 bits per heavy atom. The summed E-state index contributed by atoms with van der Waals surface area (Å²) in [6, 6.07) is 10.5. The first-order valence-corrected chi connectivity index (χ1v) is 12.1. The summed E-state index contributed by atoms with van der Waals surface area (Å²) in [5.41, 5.74) is 1.33. The van der Waals surface area contributed by atoms with Crippen molar-refractivity contribution < 1.29 is 19.8 Å². The molecule has 0 spiro atoms. The van der Waals surface area contributed by atoms with Crippen LogP contribution in [0.3, 0.4) is 0 Å². The van der Waals surface area contributed by atoms with Gasteiger partial charge in [0.05, 0.1) is 12.1 Å². The molecule has 0 aliphatic carbocycles. The highest BCUT2D eigenvalue weighted by molar-refractivity contribution is 7.99. The van der Waals surface area contributed by atoms with Crippen LogP contribution < -0.4 is 0 Å². The van der Waals surface area contributed by atoms with E-state index in [0.29, 0.717) is 19.4 Å². The van der Waals surface area contributed by atoms with Gasteiger partial charge in [0.15, 0.2) is 0 Å². The van der Waals surface area contributed by atoms with Crippen LogP contribution in [0.2, 0.25) is 0 Å². The van der Waals surface area contributed by atoms with Crippen molar-refractivity contribution in [3.63, 3.8) is 0 Å². The number of carbonyl (C=O) groups excluding carboxylic acids is 1. The number of likely N-dealkylation sites (tertiary alicyclic amines) is 1. The van der Waals surface area contributed by atoms with Gasteiger partial charge in [-0.05, 0) is 49.3 Å². The van der Waals surface area contributed by atoms with Crippen molar-refractivity contribution >= 4 is 23.6 Å². The number of benzene rings is 1. The molecule has 1 aliphatic rings. The van der Waals surface area contributed by atoms with E-state index in [-0.39, 0.29) is 24.3 Å². The van der Waals surface area contributed by atoms with Crippen molar-refractivity contribution in [2.24, 2.45) is 5.92 Å². The Morgan fingerprint density at radius 1 is 1.27 bits per heavy atom. The zero-order valence-electron chi connectivity index (χ0n) is 17.9. The molecule has 0 aromatic heterocycles. The van der Waals surface area contributed by atoms with E-state index in [0.717, 1.165) is 37.2 Å². The highest BCUT2D eigenvalue weighted by Crippen LogP contribution is 2.22. The zero-order chi connectivity index (χ0) is 21.8. The van der Waals surface area contributed by atoms with Gasteiger partial charge in [-0.1, -0.05) is 49.4 Å². The molecule has 5 nitrogen and oxygen atoms in total. The molecule has 0 bridgehead atoms. The van der Waals surface area contributed by atoms with Crippen LogP contribution in [0.15, 0.2) is 42.5 Å². The quantitative estimate of drug-likeness (QED) is 0.340. The zero-order valence-corrected chi connectivity index (χ0v) is 18.7. The lowest BCUT2D eigenvalue weighted by molar-refractivity contribution is -0.137. The van der Waals surface area contributed by atoms with Crippen molar-refractivity contribution in [2.75, 3.05) is 18.1 Å². The molecule has 1 unspecified atom stereocenters. The average Bonchev–Trinajstić information content (AvgIpc) is 3.08. The summed E-state index contributed by atoms with van der Waals surface area (Å²) in [7, 11) is 0. The third kappa shape index (κ3) is 8.92. The molecule has 0 radical (unpaired) electrons. The number of hydrogen-bond donors (Lipinski definition) is 2. The fraction of sp³-hybridized carbons (Fsp3) is 0.583. The average molecular weight is 434 g/mol. The van der Waals surface area contributed by atoms with Crippen LogP contribution in [0, 0.1) is 5.92 Å². The number of nitrogens with zero attached hydrogens (tertiary/aromatic N) is 1. The van der Waals surface area contributed by atoms with E-state index >= 15 is 0 Å². The molecule has 0 saturated carbocycles. The van der Waals surface area contributed by atoms with Crippen molar-refractivity contribution in [3.05, 3.63) is 48.0 Å². The lowest BCUT2D eigenvalue weighted by Gasteiger charge is -2.23. The van der Waals surface area contributed by atoms with Gasteiger partial charge in [-0.3, -0.25) is 9.59 Å². The second-order valence-corrected chi connectivity index (χ2v) is 9.26. The Kier molecular flexibility index (Phi) is 11.0. The number of aliphatic carboxylic acids is 1. The second-order valence-electron chi connectivity index (χ2n) is 8.03. The molecule has 2 rings (SSSR count). The van der Waals surface area contributed by atoms with E-state index in [1.54, 1.807) is 11.8 Å². The lowest BCUT2D eigenvalue weighted by Crippen LogP contribution is -2.34. The highest BCUT2D eigenvalue weighted by Gasteiger charge is 2.28. The van der Waals surface area contributed by atoms with Crippen LogP contribution in [0.4, 0.5) is 0 Å². The molecule has 30 heavy (non-hydrogen) atoms. The lowest BCUT2D eigenvalue weighted by atomic mass is 9.95. The Hall–Kier alpha value is -1.79. The first kappa shape index (κ1) is 24.5. The minimum absolute atomic E-state index is 0.0586. The van der Waals surface area contributed by atoms with E-state index in [9.17, 15) is 14.7 Å². The SMILES string of the molecule is C[C@@H](CCCc1ccccc1)[C@H](O)C=CC1CCC(=O)N1CCSCCCC(=O)O. The number of thioether (sulfide) groups is 1. The Balaban J connectivity index is 1.70. The molecule has 1 aromatic rings. The van der Waals surface area contributed by atoms with Crippen LogP contribution in [-0.4, -0.2) is 57.2 Å². The second kappa shape index (κ2) is 13.5. The van der Waals surface area contributed by atoms with Crippen molar-refractivity contribution in [3.8, 4) is 0 Å². The molecule has 6 heteroatoms. The maximum Gasteiger partial charge on any atom is 0.303 e. The molecule has 1 aliphatic heterocycles. The molecule has 1 amide bonds. The molecule has 1 aromatic carbocycles. The number of carboxylic acids is 1. The highest BCUT2D eigenvalue weighted by atomic mass is 32.2. The fourth-order valence-electron chi connectivity index (χ4n) is 3.71. The first-order valence-electron chi connectivity index (χ1n) is 11.0. The van der Waals surface area contributed by atoms with Gasteiger partial charge in [0.2, 0.25) is 5.91 Å². The number of aliphatic hydroxyl groups is 1. The summed E-state index contributed by atoms with van der Waals surface area (Å²) >= 11 is 1.69. The van der Waals surface area contributed by atoms with Crippen LogP contribution in [0.25, 0.3) is 0 Å². The third-order valence-corrected chi connectivity index (χ3v) is 6.66. The molecule has 3 atom stereocenters. The van der Waals surface area contributed by atoms with E-state index in [4.69, 9.17) is 5.11 Å². The summed E-state index contributed by atoms with van der Waals surface area (Å²) in [6.07, 6.45) is 8.61. The minimum Gasteiger partial charge on any atom is -0.481 e. The summed E-state index contributed by atoms with van der Waals surface area (Å²) in [5, 5.41) is 19.2. The van der Waals surface area contributed by atoms with Crippen LogP contribution in [-0.2, 0) is 16.0 Å². The van der Waals surface area contributed by atoms with Crippen molar-refractivity contribution in [2.45, 2.75) is 64.0 Å².